The standard InChI is InChI=1S/C15H13N3O3S2/c19-23(20,14-2-1-7-16-11-14)18-10-12-3-5-13(6-4-12)21-15-17-8-9-22-15/h1-9,11,18H,10H2. The number of pyridine rings is 1. The van der Waals surface area contributed by atoms with Crippen molar-refractivity contribution in [1.29, 1.82) is 0 Å². The normalized spacial score (nSPS) is 11.3. The molecule has 2 heterocycles. The molecule has 8 heteroatoms. The first-order valence-corrected chi connectivity index (χ1v) is 9.06. The summed E-state index contributed by atoms with van der Waals surface area (Å²) in [5.74, 6) is 0.652. The van der Waals surface area contributed by atoms with Crippen molar-refractivity contribution in [1.82, 2.24) is 14.7 Å². The molecule has 0 aliphatic carbocycles. The van der Waals surface area contributed by atoms with Crippen LogP contribution >= 0.6 is 11.3 Å². The summed E-state index contributed by atoms with van der Waals surface area (Å²) < 4.78 is 32.3. The van der Waals surface area contributed by atoms with Crippen molar-refractivity contribution in [2.45, 2.75) is 11.4 Å². The monoisotopic (exact) mass is 347 g/mol. The number of aromatic nitrogens is 2. The third-order valence-electron chi connectivity index (χ3n) is 2.95. The lowest BCUT2D eigenvalue weighted by Crippen LogP contribution is -2.23. The second-order valence-electron chi connectivity index (χ2n) is 4.56. The summed E-state index contributed by atoms with van der Waals surface area (Å²) in [6, 6.07) is 10.2. The van der Waals surface area contributed by atoms with E-state index in [9.17, 15) is 8.42 Å². The molecule has 23 heavy (non-hydrogen) atoms. The van der Waals surface area contributed by atoms with Crippen molar-refractivity contribution >= 4 is 21.4 Å². The van der Waals surface area contributed by atoms with E-state index < -0.39 is 10.0 Å². The highest BCUT2D eigenvalue weighted by atomic mass is 32.2. The van der Waals surface area contributed by atoms with E-state index in [-0.39, 0.29) is 11.4 Å². The van der Waals surface area contributed by atoms with Crippen LogP contribution in [0, 0.1) is 0 Å². The van der Waals surface area contributed by atoms with Crippen LogP contribution in [0.1, 0.15) is 5.56 Å². The van der Waals surface area contributed by atoms with Gasteiger partial charge in [-0.3, -0.25) is 4.98 Å². The summed E-state index contributed by atoms with van der Waals surface area (Å²) in [6.45, 7) is 0.189. The zero-order chi connectivity index (χ0) is 16.1. The van der Waals surface area contributed by atoms with Gasteiger partial charge in [0, 0.05) is 30.5 Å². The largest absolute Gasteiger partial charge is 0.431 e. The van der Waals surface area contributed by atoms with E-state index in [1.807, 2.05) is 5.38 Å². The maximum atomic E-state index is 12.1. The van der Waals surface area contributed by atoms with Crippen LogP contribution < -0.4 is 9.46 Å². The van der Waals surface area contributed by atoms with Crippen LogP contribution in [-0.2, 0) is 16.6 Å². The minimum atomic E-state index is -3.56. The summed E-state index contributed by atoms with van der Waals surface area (Å²) in [5.41, 5.74) is 0.823. The Morgan fingerprint density at radius 3 is 2.61 bits per heavy atom. The van der Waals surface area contributed by atoms with Gasteiger partial charge < -0.3 is 4.74 Å². The van der Waals surface area contributed by atoms with Gasteiger partial charge in [0.15, 0.2) is 0 Å². The Hall–Kier alpha value is -2.29. The zero-order valence-corrected chi connectivity index (χ0v) is 13.5. The predicted molar refractivity (Wildman–Crippen MR) is 86.9 cm³/mol. The van der Waals surface area contributed by atoms with E-state index in [4.69, 9.17) is 4.74 Å². The number of thiazole rings is 1. The van der Waals surface area contributed by atoms with Crippen LogP contribution in [0.3, 0.4) is 0 Å². The molecule has 118 valence electrons. The highest BCUT2D eigenvalue weighted by Gasteiger charge is 2.13. The Morgan fingerprint density at radius 1 is 1.13 bits per heavy atom. The van der Waals surface area contributed by atoms with Crippen molar-refractivity contribution in [2.75, 3.05) is 0 Å². The molecule has 3 rings (SSSR count). The number of benzene rings is 1. The van der Waals surface area contributed by atoms with Gasteiger partial charge in [0.25, 0.3) is 5.19 Å². The Kier molecular flexibility index (Phi) is 4.65. The molecule has 0 amide bonds. The smallest absolute Gasteiger partial charge is 0.278 e. The van der Waals surface area contributed by atoms with Crippen molar-refractivity contribution in [3.8, 4) is 10.9 Å². The Morgan fingerprint density at radius 2 is 1.96 bits per heavy atom. The molecule has 0 aliphatic rings. The van der Waals surface area contributed by atoms with Crippen molar-refractivity contribution in [3.63, 3.8) is 0 Å². The maximum Gasteiger partial charge on any atom is 0.278 e. The molecular weight excluding hydrogens is 334 g/mol. The number of nitrogens with one attached hydrogen (secondary N) is 1. The molecule has 3 aromatic rings. The molecule has 0 fully saturated rings. The first-order chi connectivity index (χ1) is 11.1. The number of hydrogen-bond donors (Lipinski definition) is 1. The average Bonchev–Trinajstić information content (AvgIpc) is 3.08. The maximum absolute atomic E-state index is 12.1. The third kappa shape index (κ3) is 4.13. The molecule has 0 aliphatic heterocycles. The molecule has 0 bridgehead atoms. The van der Waals surface area contributed by atoms with Gasteiger partial charge in [-0.15, -0.1) is 0 Å². The number of rotatable bonds is 6. The molecule has 1 aromatic carbocycles. The number of nitrogens with zero attached hydrogens (tertiary/aromatic N) is 2. The SMILES string of the molecule is O=S(=O)(NCc1ccc(Oc2nccs2)cc1)c1cccnc1. The molecular formula is C15H13N3O3S2. The van der Waals surface area contributed by atoms with Crippen LogP contribution in [0.5, 0.6) is 10.9 Å². The fourth-order valence-corrected chi connectivity index (χ4v) is 3.29. The van der Waals surface area contributed by atoms with Gasteiger partial charge >= 0.3 is 0 Å². The van der Waals surface area contributed by atoms with E-state index in [0.717, 1.165) is 5.56 Å². The van der Waals surface area contributed by atoms with E-state index in [0.29, 0.717) is 10.9 Å². The topological polar surface area (TPSA) is 81.2 Å². The number of ether oxygens (including phenoxy) is 1. The van der Waals surface area contributed by atoms with Crippen molar-refractivity contribution < 1.29 is 13.2 Å². The highest BCUT2D eigenvalue weighted by molar-refractivity contribution is 7.89. The van der Waals surface area contributed by atoms with Crippen LogP contribution in [0.25, 0.3) is 0 Å². The van der Waals surface area contributed by atoms with Crippen LogP contribution in [0.2, 0.25) is 0 Å². The molecule has 1 N–H and O–H groups in total. The van der Waals surface area contributed by atoms with E-state index in [1.165, 1.54) is 29.8 Å². The quantitative estimate of drug-likeness (QED) is 0.741. The van der Waals surface area contributed by atoms with Crippen molar-refractivity contribution in [2.24, 2.45) is 0 Å². The second kappa shape index (κ2) is 6.86. The van der Waals surface area contributed by atoms with Gasteiger partial charge in [-0.05, 0) is 29.8 Å². The number of hydrogen-bond acceptors (Lipinski definition) is 6. The summed E-state index contributed by atoms with van der Waals surface area (Å²) in [6.07, 6.45) is 4.51. The fourth-order valence-electron chi connectivity index (χ4n) is 1.80. The Bertz CT molecular complexity index is 849. The molecule has 2 aromatic heterocycles. The molecule has 0 saturated heterocycles. The zero-order valence-electron chi connectivity index (χ0n) is 11.9. The minimum absolute atomic E-state index is 0.142. The summed E-state index contributed by atoms with van der Waals surface area (Å²) in [7, 11) is -3.56. The van der Waals surface area contributed by atoms with Gasteiger partial charge in [-0.1, -0.05) is 23.5 Å². The number of sulfonamides is 1. The molecule has 0 atom stereocenters. The minimum Gasteiger partial charge on any atom is -0.431 e. The van der Waals surface area contributed by atoms with Gasteiger partial charge in [0.05, 0.1) is 0 Å². The molecule has 0 radical (unpaired) electrons. The Labute approximate surface area is 137 Å². The van der Waals surface area contributed by atoms with Crippen LogP contribution in [-0.4, -0.2) is 18.4 Å². The summed E-state index contributed by atoms with van der Waals surface area (Å²) in [4.78, 5) is 7.99. The van der Waals surface area contributed by atoms with E-state index in [1.54, 1.807) is 36.5 Å². The first-order valence-electron chi connectivity index (χ1n) is 6.69. The lowest BCUT2D eigenvalue weighted by Gasteiger charge is -2.07. The highest BCUT2D eigenvalue weighted by Crippen LogP contribution is 2.23. The van der Waals surface area contributed by atoms with Crippen molar-refractivity contribution in [3.05, 3.63) is 65.9 Å². The molecule has 0 spiro atoms. The van der Waals surface area contributed by atoms with E-state index in [2.05, 4.69) is 14.7 Å². The Balaban J connectivity index is 1.62. The predicted octanol–water partition coefficient (Wildman–Crippen LogP) is 2.81. The lowest BCUT2D eigenvalue weighted by atomic mass is 10.2. The van der Waals surface area contributed by atoms with E-state index >= 15 is 0 Å². The van der Waals surface area contributed by atoms with Gasteiger partial charge in [-0.2, -0.15) is 0 Å². The summed E-state index contributed by atoms with van der Waals surface area (Å²) in [5, 5.41) is 2.40. The van der Waals surface area contributed by atoms with Gasteiger partial charge in [0.2, 0.25) is 10.0 Å². The first kappa shape index (κ1) is 15.6. The molecule has 0 saturated carbocycles. The van der Waals surface area contributed by atoms with Crippen LogP contribution in [0.15, 0.2) is 65.3 Å². The van der Waals surface area contributed by atoms with Gasteiger partial charge in [-0.25, -0.2) is 18.1 Å². The fraction of sp³-hybridized carbons (Fsp3) is 0.0667. The lowest BCUT2D eigenvalue weighted by molar-refractivity contribution is 0.478. The molecule has 6 nitrogen and oxygen atoms in total. The van der Waals surface area contributed by atoms with Gasteiger partial charge in [0.1, 0.15) is 10.6 Å². The van der Waals surface area contributed by atoms with Crippen LogP contribution in [0.4, 0.5) is 0 Å². The average molecular weight is 347 g/mol. The third-order valence-corrected chi connectivity index (χ3v) is 4.98. The summed E-state index contributed by atoms with van der Waals surface area (Å²) >= 11 is 1.40. The molecule has 0 unspecified atom stereocenters. The second-order valence-corrected chi connectivity index (χ2v) is 7.18.